The molecule has 4 saturated heterocycles. The summed E-state index contributed by atoms with van der Waals surface area (Å²) >= 11 is 0. The lowest BCUT2D eigenvalue weighted by Gasteiger charge is -2.62. The van der Waals surface area contributed by atoms with Crippen molar-refractivity contribution in [2.45, 2.75) is 209 Å². The van der Waals surface area contributed by atoms with E-state index in [-0.39, 0.29) is 47.2 Å². The summed E-state index contributed by atoms with van der Waals surface area (Å²) < 4.78 is 41.4. The van der Waals surface area contributed by atoms with E-state index in [1.165, 1.54) is 6.92 Å². The van der Waals surface area contributed by atoms with Crippen molar-refractivity contribution in [1.82, 2.24) is 0 Å². The number of rotatable bonds is 12. The Bertz CT molecular complexity index is 1580. The van der Waals surface area contributed by atoms with Gasteiger partial charge in [-0.3, -0.25) is 0 Å². The standard InChI is InChI=1S/C45H76O19/c1-18(17-58-40-36(54)34(52)32(50)28(15-46)61-40)8-11-45(57)19(2)30-27(64-45)13-24-22-7-6-21-12-26(25(48)14-44(21,5)23(22)9-10-43(24,30)4)60-42-38(56)35(53)39(29(16-47)62-42)63-41-37(55)33(51)31(49)20(3)59-41/h18-42,46-57H,6-17H2,1-5H3. The molecule has 12 N–H and O–H groups in total. The van der Waals surface area contributed by atoms with Gasteiger partial charge in [0.25, 0.3) is 0 Å². The Hall–Kier alpha value is -0.760. The highest BCUT2D eigenvalue weighted by molar-refractivity contribution is 5.15. The second kappa shape index (κ2) is 18.9. The van der Waals surface area contributed by atoms with Crippen LogP contribution in [-0.2, 0) is 33.2 Å². The highest BCUT2D eigenvalue weighted by Crippen LogP contribution is 2.71. The van der Waals surface area contributed by atoms with Crippen LogP contribution in [0.1, 0.15) is 92.4 Å². The molecule has 28 unspecified atom stereocenters. The Labute approximate surface area is 374 Å². The highest BCUT2D eigenvalue weighted by Gasteiger charge is 2.69. The van der Waals surface area contributed by atoms with Crippen LogP contribution in [0.2, 0.25) is 0 Å². The fraction of sp³-hybridized carbons (Fsp3) is 1.00. The van der Waals surface area contributed by atoms with Gasteiger partial charge < -0.3 is 94.4 Å². The summed E-state index contributed by atoms with van der Waals surface area (Å²) in [5, 5.41) is 127. The number of ether oxygens (including phenoxy) is 7. The lowest BCUT2D eigenvalue weighted by molar-refractivity contribution is -0.364. The van der Waals surface area contributed by atoms with E-state index in [0.717, 1.165) is 32.1 Å². The van der Waals surface area contributed by atoms with Crippen LogP contribution in [0, 0.1) is 52.3 Å². The average molecular weight is 921 g/mol. The molecule has 19 nitrogen and oxygen atoms in total. The minimum atomic E-state index is -1.67. The minimum Gasteiger partial charge on any atom is -0.394 e. The second-order valence-corrected chi connectivity index (χ2v) is 21.6. The van der Waals surface area contributed by atoms with Gasteiger partial charge in [0.05, 0.1) is 44.2 Å². The van der Waals surface area contributed by atoms with Crippen molar-refractivity contribution in [1.29, 1.82) is 0 Å². The fourth-order valence-electron chi connectivity index (χ4n) is 14.2. The van der Waals surface area contributed by atoms with E-state index in [4.69, 9.17) is 33.2 Å². The molecule has 64 heavy (non-hydrogen) atoms. The molecule has 28 atom stereocenters. The Morgan fingerprint density at radius 1 is 0.672 bits per heavy atom. The van der Waals surface area contributed by atoms with E-state index in [1.807, 2.05) is 6.92 Å². The van der Waals surface area contributed by atoms with E-state index in [0.29, 0.717) is 43.4 Å². The largest absolute Gasteiger partial charge is 0.394 e. The van der Waals surface area contributed by atoms with Gasteiger partial charge in [0.15, 0.2) is 24.7 Å². The molecule has 4 aliphatic heterocycles. The fourth-order valence-corrected chi connectivity index (χ4v) is 14.2. The molecule has 8 rings (SSSR count). The van der Waals surface area contributed by atoms with Gasteiger partial charge in [-0.05, 0) is 105 Å². The Balaban J connectivity index is 0.852. The maximum atomic E-state index is 12.0. The van der Waals surface area contributed by atoms with E-state index in [2.05, 4.69) is 20.8 Å². The number of aliphatic hydroxyl groups is 12. The average Bonchev–Trinajstić information content (AvgIpc) is 3.70. The topological polar surface area (TPSA) is 307 Å². The third kappa shape index (κ3) is 8.55. The lowest BCUT2D eigenvalue weighted by atomic mass is 9.44. The van der Waals surface area contributed by atoms with Crippen LogP contribution < -0.4 is 0 Å². The normalized spacial score (nSPS) is 56.8. The van der Waals surface area contributed by atoms with Gasteiger partial charge >= 0.3 is 0 Å². The molecule has 370 valence electrons. The second-order valence-electron chi connectivity index (χ2n) is 21.6. The van der Waals surface area contributed by atoms with Crippen LogP contribution in [0.5, 0.6) is 0 Å². The summed E-state index contributed by atoms with van der Waals surface area (Å²) in [5.74, 6) is 0.0265. The molecular weight excluding hydrogens is 844 g/mol. The molecule has 8 fully saturated rings. The van der Waals surface area contributed by atoms with Crippen LogP contribution in [0.25, 0.3) is 0 Å². The van der Waals surface area contributed by atoms with Crippen LogP contribution in [0.15, 0.2) is 0 Å². The Kier molecular flexibility index (Phi) is 14.6. The number of fused-ring (bicyclic) bond motifs is 7. The zero-order valence-electron chi connectivity index (χ0n) is 37.6. The molecule has 19 heteroatoms. The minimum absolute atomic E-state index is 0.0453. The van der Waals surface area contributed by atoms with Crippen LogP contribution in [-0.4, -0.2) is 197 Å². The lowest BCUT2D eigenvalue weighted by Crippen LogP contribution is -2.65. The van der Waals surface area contributed by atoms with Gasteiger partial charge in [-0.1, -0.05) is 27.7 Å². The summed E-state index contributed by atoms with van der Waals surface area (Å²) in [7, 11) is 0. The van der Waals surface area contributed by atoms with Crippen molar-refractivity contribution < 1.29 is 94.4 Å². The van der Waals surface area contributed by atoms with Gasteiger partial charge in [0.2, 0.25) is 0 Å². The molecule has 0 aromatic rings. The first kappa shape index (κ1) is 49.7. The summed E-state index contributed by atoms with van der Waals surface area (Å²) in [6.45, 7) is 9.19. The third-order valence-electron chi connectivity index (χ3n) is 18.0. The first-order valence-corrected chi connectivity index (χ1v) is 23.8. The molecule has 8 aliphatic rings. The highest BCUT2D eigenvalue weighted by atomic mass is 16.7. The molecular formula is C45H76O19. The van der Waals surface area contributed by atoms with E-state index < -0.39 is 123 Å². The Morgan fingerprint density at radius 2 is 1.31 bits per heavy atom. The maximum Gasteiger partial charge on any atom is 0.187 e. The number of hydrogen-bond donors (Lipinski definition) is 12. The molecule has 0 aromatic carbocycles. The van der Waals surface area contributed by atoms with Crippen LogP contribution in [0.4, 0.5) is 0 Å². The van der Waals surface area contributed by atoms with Gasteiger partial charge in [-0.25, -0.2) is 0 Å². The van der Waals surface area contributed by atoms with Crippen LogP contribution in [0.3, 0.4) is 0 Å². The van der Waals surface area contributed by atoms with Gasteiger partial charge in [-0.15, -0.1) is 0 Å². The Morgan fingerprint density at radius 3 is 2.02 bits per heavy atom. The van der Waals surface area contributed by atoms with Gasteiger partial charge in [0, 0.05) is 12.3 Å². The van der Waals surface area contributed by atoms with E-state index >= 15 is 0 Å². The third-order valence-corrected chi connectivity index (χ3v) is 18.0. The SMILES string of the molecule is CC(CCC1(O)OC2CC3C4CCC5CC(OC6OC(CO)C(OC7OC(C)C(O)C(O)C7O)C(O)C6O)C(O)CC5(C)C4CCC3(C)C2C1C)COC1OC(CO)C(O)C(O)C1O. The van der Waals surface area contributed by atoms with Gasteiger partial charge in [-0.2, -0.15) is 0 Å². The van der Waals surface area contributed by atoms with Gasteiger partial charge in [0.1, 0.15) is 67.1 Å². The number of hydrogen-bond acceptors (Lipinski definition) is 19. The van der Waals surface area contributed by atoms with Crippen molar-refractivity contribution in [2.75, 3.05) is 19.8 Å². The summed E-state index contributed by atoms with van der Waals surface area (Å²) in [6.07, 6.45) is -16.1. The monoisotopic (exact) mass is 920 g/mol. The molecule has 4 aliphatic carbocycles. The van der Waals surface area contributed by atoms with Crippen molar-refractivity contribution in [3.8, 4) is 0 Å². The van der Waals surface area contributed by atoms with Crippen molar-refractivity contribution >= 4 is 0 Å². The zero-order valence-corrected chi connectivity index (χ0v) is 37.6. The molecule has 0 radical (unpaired) electrons. The van der Waals surface area contributed by atoms with Crippen molar-refractivity contribution in [3.05, 3.63) is 0 Å². The molecule has 0 aromatic heterocycles. The van der Waals surface area contributed by atoms with E-state index in [1.54, 1.807) is 0 Å². The van der Waals surface area contributed by atoms with Crippen molar-refractivity contribution in [2.24, 2.45) is 52.3 Å². The number of aliphatic hydroxyl groups excluding tert-OH is 11. The van der Waals surface area contributed by atoms with E-state index in [9.17, 15) is 61.3 Å². The molecule has 0 bridgehead atoms. The molecule has 0 spiro atoms. The molecule has 4 heterocycles. The first-order valence-electron chi connectivity index (χ1n) is 23.8. The van der Waals surface area contributed by atoms with Crippen LogP contribution >= 0.6 is 0 Å². The first-order chi connectivity index (χ1) is 30.2. The zero-order chi connectivity index (χ0) is 46.4. The smallest absolute Gasteiger partial charge is 0.187 e. The molecule has 4 saturated carbocycles. The maximum absolute atomic E-state index is 12.0. The quantitative estimate of drug-likeness (QED) is 0.0964. The summed E-state index contributed by atoms with van der Waals surface area (Å²) in [6, 6.07) is 0. The summed E-state index contributed by atoms with van der Waals surface area (Å²) in [4.78, 5) is 0. The molecule has 0 amide bonds. The summed E-state index contributed by atoms with van der Waals surface area (Å²) in [5.41, 5.74) is -0.229. The predicted octanol–water partition coefficient (Wildman–Crippen LogP) is -1.78. The predicted molar refractivity (Wildman–Crippen MR) is 219 cm³/mol. The van der Waals surface area contributed by atoms with Crippen molar-refractivity contribution in [3.63, 3.8) is 0 Å².